The summed E-state index contributed by atoms with van der Waals surface area (Å²) in [4.78, 5) is 17.7. The fraction of sp³-hybridized carbons (Fsp3) is 0.133. The fourth-order valence-electron chi connectivity index (χ4n) is 4.10. The van der Waals surface area contributed by atoms with Gasteiger partial charge in [0, 0.05) is 5.02 Å². The van der Waals surface area contributed by atoms with Gasteiger partial charge in [0.05, 0.1) is 22.2 Å². The van der Waals surface area contributed by atoms with Crippen LogP contribution in [-0.2, 0) is 11.4 Å². The first-order chi connectivity index (χ1) is 18.4. The van der Waals surface area contributed by atoms with Gasteiger partial charge in [0.1, 0.15) is 6.61 Å². The summed E-state index contributed by atoms with van der Waals surface area (Å²) in [7, 11) is 0. The van der Waals surface area contributed by atoms with Crippen LogP contribution in [0.5, 0.6) is 11.5 Å². The van der Waals surface area contributed by atoms with E-state index >= 15 is 0 Å². The van der Waals surface area contributed by atoms with Crippen molar-refractivity contribution in [2.24, 2.45) is 4.99 Å². The molecule has 0 aliphatic carbocycles. The minimum atomic E-state index is -0.237. The van der Waals surface area contributed by atoms with Crippen molar-refractivity contribution < 1.29 is 14.3 Å². The number of ether oxygens (including phenoxy) is 2. The van der Waals surface area contributed by atoms with Crippen molar-refractivity contribution in [3.8, 4) is 11.5 Å². The Bertz CT molecular complexity index is 1590. The molecule has 4 aromatic rings. The predicted molar refractivity (Wildman–Crippen MR) is 158 cm³/mol. The zero-order valence-electron chi connectivity index (χ0n) is 20.8. The van der Waals surface area contributed by atoms with E-state index in [4.69, 9.17) is 32.7 Å². The molecule has 5 rings (SSSR count). The number of aliphatic imine (C=N–C) groups is 1. The first-order valence-electron chi connectivity index (χ1n) is 12.0. The molecule has 0 bridgehead atoms. The second-order valence-corrected chi connectivity index (χ2v) is 10.4. The van der Waals surface area contributed by atoms with Crippen molar-refractivity contribution in [3.63, 3.8) is 0 Å². The van der Waals surface area contributed by atoms with Crippen LogP contribution < -0.4 is 14.8 Å². The molecule has 1 fully saturated rings. The van der Waals surface area contributed by atoms with Crippen molar-refractivity contribution in [1.82, 2.24) is 5.32 Å². The maximum absolute atomic E-state index is 12.7. The normalized spacial score (nSPS) is 15.3. The van der Waals surface area contributed by atoms with Crippen molar-refractivity contribution >= 4 is 68.6 Å². The Kier molecular flexibility index (Phi) is 7.93. The van der Waals surface area contributed by atoms with E-state index in [1.165, 1.54) is 11.8 Å². The van der Waals surface area contributed by atoms with Crippen LogP contribution in [0.25, 0.3) is 16.8 Å². The smallest absolute Gasteiger partial charge is 0.264 e. The van der Waals surface area contributed by atoms with E-state index in [0.29, 0.717) is 56.1 Å². The second-order valence-electron chi connectivity index (χ2n) is 8.56. The van der Waals surface area contributed by atoms with Crippen LogP contribution in [0.3, 0.4) is 0 Å². The van der Waals surface area contributed by atoms with Gasteiger partial charge >= 0.3 is 0 Å². The number of benzene rings is 4. The van der Waals surface area contributed by atoms with E-state index < -0.39 is 0 Å². The lowest BCUT2D eigenvalue weighted by atomic mass is 10.1. The summed E-state index contributed by atoms with van der Waals surface area (Å²) < 4.78 is 12.0. The molecule has 0 unspecified atom stereocenters. The van der Waals surface area contributed by atoms with Gasteiger partial charge < -0.3 is 14.8 Å². The number of rotatable bonds is 7. The number of amides is 1. The Morgan fingerprint density at radius 2 is 1.76 bits per heavy atom. The zero-order valence-corrected chi connectivity index (χ0v) is 23.1. The monoisotopic (exact) mass is 562 g/mol. The summed E-state index contributed by atoms with van der Waals surface area (Å²) in [5.74, 6) is 0.739. The molecule has 1 aliphatic rings. The van der Waals surface area contributed by atoms with Crippen LogP contribution in [0.4, 0.5) is 5.69 Å². The van der Waals surface area contributed by atoms with E-state index in [1.54, 1.807) is 18.2 Å². The minimum Gasteiger partial charge on any atom is -0.490 e. The molecule has 1 heterocycles. The molecule has 192 valence electrons. The number of carbonyl (C=O) groups excluding carboxylic acids is 1. The maximum Gasteiger partial charge on any atom is 0.264 e. The lowest BCUT2D eigenvalue weighted by Crippen LogP contribution is -2.19. The van der Waals surface area contributed by atoms with Crippen molar-refractivity contribution in [3.05, 3.63) is 104 Å². The number of nitrogens with one attached hydrogen (secondary N) is 1. The number of thioether (sulfide) groups is 1. The average molecular weight is 564 g/mol. The van der Waals surface area contributed by atoms with Gasteiger partial charge in [-0.3, -0.25) is 4.79 Å². The Morgan fingerprint density at radius 1 is 0.974 bits per heavy atom. The van der Waals surface area contributed by atoms with Gasteiger partial charge in [0.25, 0.3) is 5.91 Å². The number of fused-ring (bicyclic) bond motifs is 1. The van der Waals surface area contributed by atoms with E-state index in [9.17, 15) is 4.79 Å². The third kappa shape index (κ3) is 5.68. The molecule has 0 spiro atoms. The highest BCUT2D eigenvalue weighted by atomic mass is 35.5. The van der Waals surface area contributed by atoms with Crippen molar-refractivity contribution in [2.45, 2.75) is 20.5 Å². The number of carbonyl (C=O) groups is 1. The van der Waals surface area contributed by atoms with Crippen LogP contribution in [0.15, 0.2) is 82.7 Å². The molecule has 0 aromatic heterocycles. The van der Waals surface area contributed by atoms with Gasteiger partial charge in [-0.05, 0) is 83.4 Å². The van der Waals surface area contributed by atoms with Crippen molar-refractivity contribution in [1.29, 1.82) is 0 Å². The SMILES string of the molecule is CCOc1cc(/C=C2/SC(=Nc3cccc(Cl)c3C)NC2=O)cc(Cl)c1OCc1cccc2ccccc12. The van der Waals surface area contributed by atoms with Gasteiger partial charge in [0.2, 0.25) is 0 Å². The number of amidine groups is 1. The van der Waals surface area contributed by atoms with E-state index in [2.05, 4.69) is 28.5 Å². The lowest BCUT2D eigenvalue weighted by Gasteiger charge is -2.15. The molecular weight excluding hydrogens is 539 g/mol. The summed E-state index contributed by atoms with van der Waals surface area (Å²) >= 11 is 14.1. The standard InChI is InChI=1S/C30H24Cl2N2O3S/c1-3-36-26-15-19(16-27-29(35)34-30(38-27)33-25-13-7-12-23(31)18(25)2)14-24(32)28(26)37-17-21-10-6-9-20-8-4-5-11-22(20)21/h4-16H,3,17H2,1-2H3,(H,33,34,35)/b27-16+. The zero-order chi connectivity index (χ0) is 26.6. The number of hydrogen-bond acceptors (Lipinski definition) is 5. The van der Waals surface area contributed by atoms with Crippen LogP contribution in [0.2, 0.25) is 10.0 Å². The van der Waals surface area contributed by atoms with Crippen LogP contribution in [0, 0.1) is 6.92 Å². The van der Waals surface area contributed by atoms with Gasteiger partial charge in [0.15, 0.2) is 16.7 Å². The van der Waals surface area contributed by atoms with Gasteiger partial charge in [-0.25, -0.2) is 4.99 Å². The molecule has 38 heavy (non-hydrogen) atoms. The number of nitrogens with zero attached hydrogens (tertiary/aromatic N) is 1. The molecule has 0 saturated carbocycles. The highest BCUT2D eigenvalue weighted by Crippen LogP contribution is 2.39. The Morgan fingerprint density at radius 3 is 2.61 bits per heavy atom. The Balaban J connectivity index is 1.40. The van der Waals surface area contributed by atoms with E-state index in [0.717, 1.165) is 21.9 Å². The minimum absolute atomic E-state index is 0.237. The fourth-order valence-corrected chi connectivity index (χ4v) is 5.38. The van der Waals surface area contributed by atoms with Crippen molar-refractivity contribution in [2.75, 3.05) is 6.61 Å². The van der Waals surface area contributed by atoms with Crippen LogP contribution in [0.1, 0.15) is 23.6 Å². The highest BCUT2D eigenvalue weighted by molar-refractivity contribution is 8.18. The molecule has 1 saturated heterocycles. The molecular formula is C30H24Cl2N2O3S. The molecule has 0 radical (unpaired) electrons. The molecule has 1 N–H and O–H groups in total. The molecule has 1 amide bonds. The molecule has 4 aromatic carbocycles. The van der Waals surface area contributed by atoms with Gasteiger partial charge in [-0.15, -0.1) is 0 Å². The van der Waals surface area contributed by atoms with E-state index in [-0.39, 0.29) is 5.91 Å². The number of hydrogen-bond donors (Lipinski definition) is 1. The van der Waals surface area contributed by atoms with Gasteiger partial charge in [-0.2, -0.15) is 0 Å². The molecule has 1 aliphatic heterocycles. The summed E-state index contributed by atoms with van der Waals surface area (Å²) in [6, 6.07) is 23.4. The summed E-state index contributed by atoms with van der Waals surface area (Å²) in [5, 5.41) is 6.59. The molecule has 8 heteroatoms. The molecule has 5 nitrogen and oxygen atoms in total. The van der Waals surface area contributed by atoms with Crippen LogP contribution >= 0.6 is 35.0 Å². The Labute approximate surface area is 235 Å². The summed E-state index contributed by atoms with van der Waals surface area (Å²) in [6.07, 6.45) is 1.76. The van der Waals surface area contributed by atoms with Gasteiger partial charge in [-0.1, -0.05) is 71.7 Å². The second kappa shape index (κ2) is 11.5. The lowest BCUT2D eigenvalue weighted by molar-refractivity contribution is -0.115. The highest BCUT2D eigenvalue weighted by Gasteiger charge is 2.24. The first-order valence-corrected chi connectivity index (χ1v) is 13.6. The largest absolute Gasteiger partial charge is 0.490 e. The summed E-state index contributed by atoms with van der Waals surface area (Å²) in [5.41, 5.74) is 3.32. The Hall–Kier alpha value is -3.45. The maximum atomic E-state index is 12.7. The topological polar surface area (TPSA) is 59.9 Å². The van der Waals surface area contributed by atoms with Crippen LogP contribution in [-0.4, -0.2) is 17.7 Å². The molecule has 0 atom stereocenters. The quantitative estimate of drug-likeness (QED) is 0.230. The third-order valence-corrected chi connectivity index (χ3v) is 7.59. The number of halogens is 2. The summed E-state index contributed by atoms with van der Waals surface area (Å²) in [6.45, 7) is 4.56. The third-order valence-electron chi connectivity index (χ3n) is 5.99. The average Bonchev–Trinajstić information content (AvgIpc) is 3.24. The van der Waals surface area contributed by atoms with E-state index in [1.807, 2.05) is 56.3 Å². The predicted octanol–water partition coefficient (Wildman–Crippen LogP) is 8.32. The first kappa shape index (κ1) is 26.2.